The third-order valence-electron chi connectivity index (χ3n) is 5.07. The van der Waals surface area contributed by atoms with Gasteiger partial charge in [-0.05, 0) is 55.5 Å². The van der Waals surface area contributed by atoms with Crippen LogP contribution in [0, 0.1) is 11.8 Å². The maximum atomic E-state index is 12.7. The lowest BCUT2D eigenvalue weighted by atomic mass is 9.98. The standard InChI is InChI=1S/C24H24F3NO3/c1-30-21-14-13-18(15-22(21)31-20-9-5-6-10-20)19(16-28-23(29)24(25,26)27)12-11-17-7-3-2-4-8-17/h2-4,7-8,13-15,19-20H,5-6,9-10,16H2,1H3,(H,28,29). The number of hydrogen-bond donors (Lipinski definition) is 1. The molecule has 0 radical (unpaired) electrons. The number of alkyl halides is 3. The largest absolute Gasteiger partial charge is 0.493 e. The summed E-state index contributed by atoms with van der Waals surface area (Å²) in [6, 6.07) is 14.3. The maximum Gasteiger partial charge on any atom is 0.471 e. The van der Waals surface area contributed by atoms with Crippen LogP contribution in [0.5, 0.6) is 11.5 Å². The van der Waals surface area contributed by atoms with Gasteiger partial charge in [-0.25, -0.2) is 0 Å². The summed E-state index contributed by atoms with van der Waals surface area (Å²) in [4.78, 5) is 11.3. The van der Waals surface area contributed by atoms with E-state index in [9.17, 15) is 18.0 Å². The molecule has 3 rings (SSSR count). The molecule has 0 saturated heterocycles. The van der Waals surface area contributed by atoms with Crippen LogP contribution in [0.1, 0.15) is 42.7 Å². The lowest BCUT2D eigenvalue weighted by molar-refractivity contribution is -0.173. The number of rotatable bonds is 6. The number of hydrogen-bond acceptors (Lipinski definition) is 3. The van der Waals surface area contributed by atoms with E-state index in [1.54, 1.807) is 30.3 Å². The predicted molar refractivity (Wildman–Crippen MR) is 111 cm³/mol. The Balaban J connectivity index is 1.88. The van der Waals surface area contributed by atoms with Crippen molar-refractivity contribution in [1.29, 1.82) is 0 Å². The van der Waals surface area contributed by atoms with Crippen LogP contribution < -0.4 is 14.8 Å². The van der Waals surface area contributed by atoms with Gasteiger partial charge in [0.05, 0.1) is 19.1 Å². The Hall–Kier alpha value is -3.14. The van der Waals surface area contributed by atoms with Crippen molar-refractivity contribution in [3.8, 4) is 23.3 Å². The molecule has 0 heterocycles. The molecule has 7 heteroatoms. The first-order valence-electron chi connectivity index (χ1n) is 10.1. The number of carbonyl (C=O) groups excluding carboxylic acids is 1. The molecule has 1 amide bonds. The normalized spacial score (nSPS) is 15.0. The van der Waals surface area contributed by atoms with Gasteiger partial charge in [-0.3, -0.25) is 4.79 Å². The Bertz CT molecular complexity index is 942. The number of ether oxygens (including phenoxy) is 2. The molecule has 0 aromatic heterocycles. The molecule has 1 saturated carbocycles. The number of methoxy groups -OCH3 is 1. The Morgan fingerprint density at radius 2 is 1.84 bits per heavy atom. The molecule has 4 nitrogen and oxygen atoms in total. The molecular formula is C24H24F3NO3. The van der Waals surface area contributed by atoms with Crippen LogP contribution in [0.3, 0.4) is 0 Å². The minimum absolute atomic E-state index is 0.0861. The van der Waals surface area contributed by atoms with Crippen molar-refractivity contribution < 1.29 is 27.4 Å². The first-order chi connectivity index (χ1) is 14.9. The SMILES string of the molecule is COc1ccc(C(C#Cc2ccccc2)CNC(=O)C(F)(F)F)cc1OC1CCCC1. The molecule has 1 fully saturated rings. The summed E-state index contributed by atoms with van der Waals surface area (Å²) in [7, 11) is 1.53. The Kier molecular flexibility index (Phi) is 7.45. The van der Waals surface area contributed by atoms with E-state index in [2.05, 4.69) is 11.8 Å². The molecule has 31 heavy (non-hydrogen) atoms. The van der Waals surface area contributed by atoms with Gasteiger partial charge < -0.3 is 14.8 Å². The molecular weight excluding hydrogens is 407 g/mol. The Morgan fingerprint density at radius 3 is 2.48 bits per heavy atom. The van der Waals surface area contributed by atoms with Crippen LogP contribution in [-0.4, -0.2) is 31.8 Å². The van der Waals surface area contributed by atoms with Crippen molar-refractivity contribution >= 4 is 5.91 Å². The van der Waals surface area contributed by atoms with Gasteiger partial charge in [0.2, 0.25) is 0 Å². The van der Waals surface area contributed by atoms with E-state index < -0.39 is 18.0 Å². The van der Waals surface area contributed by atoms with Gasteiger partial charge >= 0.3 is 12.1 Å². The highest BCUT2D eigenvalue weighted by atomic mass is 19.4. The monoisotopic (exact) mass is 431 g/mol. The van der Waals surface area contributed by atoms with E-state index in [1.165, 1.54) is 7.11 Å². The van der Waals surface area contributed by atoms with Crippen LogP contribution >= 0.6 is 0 Å². The summed E-state index contributed by atoms with van der Waals surface area (Å²) in [5.41, 5.74) is 1.37. The molecule has 0 bridgehead atoms. The quantitative estimate of drug-likeness (QED) is 0.667. The molecule has 0 aliphatic heterocycles. The summed E-state index contributed by atoms with van der Waals surface area (Å²) >= 11 is 0. The van der Waals surface area contributed by atoms with E-state index in [0.717, 1.165) is 31.2 Å². The minimum Gasteiger partial charge on any atom is -0.493 e. The summed E-state index contributed by atoms with van der Waals surface area (Å²) in [5, 5.41) is 1.94. The van der Waals surface area contributed by atoms with Crippen molar-refractivity contribution in [2.45, 2.75) is 43.9 Å². The molecule has 1 N–H and O–H groups in total. The molecule has 1 aliphatic rings. The number of halogens is 3. The first kappa shape index (κ1) is 22.5. The van der Waals surface area contributed by atoms with Gasteiger partial charge in [0.15, 0.2) is 11.5 Å². The third kappa shape index (κ3) is 6.42. The van der Waals surface area contributed by atoms with Gasteiger partial charge in [-0.15, -0.1) is 0 Å². The van der Waals surface area contributed by atoms with Crippen molar-refractivity contribution in [1.82, 2.24) is 5.32 Å². The zero-order valence-corrected chi connectivity index (χ0v) is 17.2. The highest BCUT2D eigenvalue weighted by Crippen LogP contribution is 2.34. The first-order valence-corrected chi connectivity index (χ1v) is 10.1. The second kappa shape index (κ2) is 10.3. The fraction of sp³-hybridized carbons (Fsp3) is 0.375. The average molecular weight is 431 g/mol. The molecule has 1 atom stereocenters. The van der Waals surface area contributed by atoms with Gasteiger partial charge in [-0.1, -0.05) is 36.1 Å². The lowest BCUT2D eigenvalue weighted by Gasteiger charge is -2.19. The summed E-state index contributed by atoms with van der Waals surface area (Å²) in [5.74, 6) is 4.38. The maximum absolute atomic E-state index is 12.7. The van der Waals surface area contributed by atoms with E-state index in [0.29, 0.717) is 17.1 Å². The third-order valence-corrected chi connectivity index (χ3v) is 5.07. The summed E-state index contributed by atoms with van der Waals surface area (Å²) in [6.07, 6.45) is -0.766. The smallest absolute Gasteiger partial charge is 0.471 e. The van der Waals surface area contributed by atoms with Crippen LogP contribution in [-0.2, 0) is 4.79 Å². The second-order valence-corrected chi connectivity index (χ2v) is 7.33. The fourth-order valence-corrected chi connectivity index (χ4v) is 3.43. The van der Waals surface area contributed by atoms with Crippen LogP contribution in [0.25, 0.3) is 0 Å². The summed E-state index contributed by atoms with van der Waals surface area (Å²) in [6.45, 7) is -0.284. The molecule has 2 aromatic rings. The Morgan fingerprint density at radius 1 is 1.13 bits per heavy atom. The molecule has 0 spiro atoms. The van der Waals surface area contributed by atoms with Gasteiger partial charge in [0.1, 0.15) is 0 Å². The van der Waals surface area contributed by atoms with Crippen molar-refractivity contribution in [3.63, 3.8) is 0 Å². The number of benzene rings is 2. The molecule has 1 aliphatic carbocycles. The number of carbonyl (C=O) groups is 1. The zero-order valence-electron chi connectivity index (χ0n) is 17.2. The number of nitrogens with one attached hydrogen (secondary N) is 1. The molecule has 2 aromatic carbocycles. The van der Waals surface area contributed by atoms with E-state index >= 15 is 0 Å². The average Bonchev–Trinajstić information content (AvgIpc) is 3.27. The molecule has 164 valence electrons. The van der Waals surface area contributed by atoms with E-state index in [-0.39, 0.29) is 12.6 Å². The van der Waals surface area contributed by atoms with Gasteiger partial charge in [0, 0.05) is 12.1 Å². The lowest BCUT2D eigenvalue weighted by Crippen LogP contribution is -2.38. The van der Waals surface area contributed by atoms with Crippen molar-refractivity contribution in [2.24, 2.45) is 0 Å². The van der Waals surface area contributed by atoms with Crippen LogP contribution in [0.4, 0.5) is 13.2 Å². The van der Waals surface area contributed by atoms with Crippen molar-refractivity contribution in [3.05, 3.63) is 59.7 Å². The number of amides is 1. The zero-order chi connectivity index (χ0) is 22.3. The van der Waals surface area contributed by atoms with E-state index in [1.807, 2.05) is 23.5 Å². The highest BCUT2D eigenvalue weighted by molar-refractivity contribution is 5.81. The summed E-state index contributed by atoms with van der Waals surface area (Å²) < 4.78 is 49.4. The van der Waals surface area contributed by atoms with Gasteiger partial charge in [0.25, 0.3) is 0 Å². The van der Waals surface area contributed by atoms with E-state index in [4.69, 9.17) is 9.47 Å². The Labute approximate surface area is 179 Å². The second-order valence-electron chi connectivity index (χ2n) is 7.33. The topological polar surface area (TPSA) is 47.6 Å². The molecule has 1 unspecified atom stereocenters. The van der Waals surface area contributed by atoms with Crippen molar-refractivity contribution in [2.75, 3.05) is 13.7 Å². The van der Waals surface area contributed by atoms with Crippen LogP contribution in [0.15, 0.2) is 48.5 Å². The predicted octanol–water partition coefficient (Wildman–Crippen LogP) is 4.83. The minimum atomic E-state index is -4.95. The van der Waals surface area contributed by atoms with Crippen LogP contribution in [0.2, 0.25) is 0 Å². The van der Waals surface area contributed by atoms with Gasteiger partial charge in [-0.2, -0.15) is 13.2 Å². The fourth-order valence-electron chi connectivity index (χ4n) is 3.43. The highest BCUT2D eigenvalue weighted by Gasteiger charge is 2.38.